The molecule has 0 aliphatic carbocycles. The highest BCUT2D eigenvalue weighted by atomic mass is 35.5. The van der Waals surface area contributed by atoms with E-state index in [1.54, 1.807) is 13.2 Å². The molecule has 0 spiro atoms. The number of hydrogen-bond acceptors (Lipinski definition) is 3. The van der Waals surface area contributed by atoms with E-state index in [2.05, 4.69) is 12.2 Å². The van der Waals surface area contributed by atoms with Crippen molar-refractivity contribution in [2.24, 2.45) is 5.92 Å². The number of benzene rings is 1. The number of likely N-dealkylation sites (tertiary alicyclic amines) is 1. The molecule has 2 atom stereocenters. The van der Waals surface area contributed by atoms with Crippen LogP contribution in [-0.4, -0.2) is 42.3 Å². The quantitative estimate of drug-likeness (QED) is 0.900. The standard InChI is InChI=1S/C14H19ClN2O3/c1-9-8-17(14(18)19)6-5-11(9)16-12-4-3-10(15)7-13(12)20-2/h3-4,7,9,11,16H,5-6,8H2,1-2H3,(H,18,19)/t9-,11+/m0/s1. The van der Waals surface area contributed by atoms with Gasteiger partial charge in [-0.1, -0.05) is 18.5 Å². The highest BCUT2D eigenvalue weighted by Crippen LogP contribution is 2.30. The maximum absolute atomic E-state index is 11.0. The van der Waals surface area contributed by atoms with Gasteiger partial charge in [0.25, 0.3) is 0 Å². The number of rotatable bonds is 3. The largest absolute Gasteiger partial charge is 0.495 e. The molecule has 6 heteroatoms. The van der Waals surface area contributed by atoms with Crippen LogP contribution in [0.3, 0.4) is 0 Å². The van der Waals surface area contributed by atoms with Gasteiger partial charge in [0.2, 0.25) is 0 Å². The lowest BCUT2D eigenvalue weighted by Gasteiger charge is -2.36. The fourth-order valence-corrected chi connectivity index (χ4v) is 2.68. The van der Waals surface area contributed by atoms with Crippen LogP contribution in [0.4, 0.5) is 10.5 Å². The topological polar surface area (TPSA) is 61.8 Å². The van der Waals surface area contributed by atoms with E-state index >= 15 is 0 Å². The predicted octanol–water partition coefficient (Wildman–Crippen LogP) is 3.15. The zero-order valence-corrected chi connectivity index (χ0v) is 12.4. The lowest BCUT2D eigenvalue weighted by Crippen LogP contribution is -2.47. The molecule has 1 saturated heterocycles. The molecule has 5 nitrogen and oxygen atoms in total. The molecule has 1 amide bonds. The van der Waals surface area contributed by atoms with E-state index in [4.69, 9.17) is 21.4 Å². The van der Waals surface area contributed by atoms with E-state index in [-0.39, 0.29) is 12.0 Å². The number of nitrogens with one attached hydrogen (secondary N) is 1. The van der Waals surface area contributed by atoms with E-state index < -0.39 is 6.09 Å². The van der Waals surface area contributed by atoms with Crippen LogP contribution >= 0.6 is 11.6 Å². The first kappa shape index (κ1) is 14.8. The summed E-state index contributed by atoms with van der Waals surface area (Å²) in [5.41, 5.74) is 0.887. The van der Waals surface area contributed by atoms with Crippen molar-refractivity contribution in [1.82, 2.24) is 4.90 Å². The van der Waals surface area contributed by atoms with Crippen LogP contribution in [0.15, 0.2) is 18.2 Å². The van der Waals surface area contributed by atoms with Crippen molar-refractivity contribution in [1.29, 1.82) is 0 Å². The minimum Gasteiger partial charge on any atom is -0.495 e. The third kappa shape index (κ3) is 3.28. The van der Waals surface area contributed by atoms with Crippen LogP contribution in [0, 0.1) is 5.92 Å². The summed E-state index contributed by atoms with van der Waals surface area (Å²) in [6, 6.07) is 5.68. The van der Waals surface area contributed by atoms with Crippen LogP contribution < -0.4 is 10.1 Å². The Morgan fingerprint density at radius 2 is 2.30 bits per heavy atom. The summed E-state index contributed by atoms with van der Waals surface area (Å²) in [5.74, 6) is 0.936. The molecule has 1 aliphatic heterocycles. The van der Waals surface area contributed by atoms with Crippen LogP contribution in [0.25, 0.3) is 0 Å². The van der Waals surface area contributed by atoms with Gasteiger partial charge in [0.1, 0.15) is 5.75 Å². The first-order chi connectivity index (χ1) is 9.51. The Bertz CT molecular complexity index is 495. The molecule has 0 bridgehead atoms. The van der Waals surface area contributed by atoms with Crippen molar-refractivity contribution in [2.45, 2.75) is 19.4 Å². The summed E-state index contributed by atoms with van der Waals surface area (Å²) in [4.78, 5) is 12.4. The second-order valence-electron chi connectivity index (χ2n) is 5.09. The summed E-state index contributed by atoms with van der Waals surface area (Å²) in [5, 5.41) is 13.1. The number of hydrogen-bond donors (Lipinski definition) is 2. The summed E-state index contributed by atoms with van der Waals surface area (Å²) in [7, 11) is 1.60. The number of anilines is 1. The van der Waals surface area contributed by atoms with Gasteiger partial charge < -0.3 is 20.1 Å². The van der Waals surface area contributed by atoms with Gasteiger partial charge in [-0.15, -0.1) is 0 Å². The number of amides is 1. The fourth-order valence-electron chi connectivity index (χ4n) is 2.52. The van der Waals surface area contributed by atoms with E-state index in [9.17, 15) is 4.79 Å². The van der Waals surface area contributed by atoms with Crippen molar-refractivity contribution >= 4 is 23.4 Å². The number of methoxy groups -OCH3 is 1. The van der Waals surface area contributed by atoms with Crippen LogP contribution in [0.1, 0.15) is 13.3 Å². The Hall–Kier alpha value is -1.62. The van der Waals surface area contributed by atoms with E-state index in [1.807, 2.05) is 12.1 Å². The molecule has 1 aromatic rings. The molecule has 1 heterocycles. The number of carbonyl (C=O) groups is 1. The Labute approximate surface area is 123 Å². The van der Waals surface area contributed by atoms with Crippen molar-refractivity contribution in [3.63, 3.8) is 0 Å². The molecule has 110 valence electrons. The van der Waals surface area contributed by atoms with E-state index in [1.165, 1.54) is 4.90 Å². The molecule has 1 aromatic carbocycles. The van der Waals surface area contributed by atoms with Crippen molar-refractivity contribution in [2.75, 3.05) is 25.5 Å². The Morgan fingerprint density at radius 1 is 1.55 bits per heavy atom. The van der Waals surface area contributed by atoms with Gasteiger partial charge in [0.15, 0.2) is 0 Å². The van der Waals surface area contributed by atoms with Gasteiger partial charge in [0.05, 0.1) is 12.8 Å². The van der Waals surface area contributed by atoms with Crippen LogP contribution in [-0.2, 0) is 0 Å². The molecular weight excluding hydrogens is 280 g/mol. The molecule has 1 aliphatic rings. The zero-order chi connectivity index (χ0) is 14.7. The molecule has 0 unspecified atom stereocenters. The Balaban J connectivity index is 2.06. The lowest BCUT2D eigenvalue weighted by atomic mass is 9.94. The van der Waals surface area contributed by atoms with Crippen LogP contribution in [0.2, 0.25) is 5.02 Å². The average Bonchev–Trinajstić information content (AvgIpc) is 2.42. The van der Waals surface area contributed by atoms with E-state index in [0.29, 0.717) is 23.9 Å². The van der Waals surface area contributed by atoms with Gasteiger partial charge in [0, 0.05) is 30.2 Å². The SMILES string of the molecule is COc1cc(Cl)ccc1N[C@@H]1CCN(C(=O)O)C[C@@H]1C. The predicted molar refractivity (Wildman–Crippen MR) is 78.8 cm³/mol. The number of piperidine rings is 1. The highest BCUT2D eigenvalue weighted by molar-refractivity contribution is 6.30. The van der Waals surface area contributed by atoms with Gasteiger partial charge >= 0.3 is 6.09 Å². The van der Waals surface area contributed by atoms with Crippen molar-refractivity contribution in [3.05, 3.63) is 23.2 Å². The molecule has 0 aromatic heterocycles. The summed E-state index contributed by atoms with van der Waals surface area (Å²) < 4.78 is 5.31. The zero-order valence-electron chi connectivity index (χ0n) is 11.6. The van der Waals surface area contributed by atoms with Gasteiger partial charge in [-0.25, -0.2) is 4.79 Å². The fraction of sp³-hybridized carbons (Fsp3) is 0.500. The third-order valence-corrected chi connectivity index (χ3v) is 3.92. The van der Waals surface area contributed by atoms with Crippen molar-refractivity contribution < 1.29 is 14.6 Å². The second-order valence-corrected chi connectivity index (χ2v) is 5.53. The summed E-state index contributed by atoms with van der Waals surface area (Å²) in [6.45, 7) is 3.14. The number of ether oxygens (including phenoxy) is 1. The van der Waals surface area contributed by atoms with E-state index in [0.717, 1.165) is 12.1 Å². The van der Waals surface area contributed by atoms with Crippen molar-refractivity contribution in [3.8, 4) is 5.75 Å². The molecular formula is C14H19ClN2O3. The first-order valence-corrected chi connectivity index (χ1v) is 6.97. The number of carboxylic acid groups (broad SMARTS) is 1. The maximum atomic E-state index is 11.0. The van der Waals surface area contributed by atoms with Gasteiger partial charge in [-0.3, -0.25) is 0 Å². The lowest BCUT2D eigenvalue weighted by molar-refractivity contribution is 0.119. The molecule has 0 radical (unpaired) electrons. The highest BCUT2D eigenvalue weighted by Gasteiger charge is 2.28. The first-order valence-electron chi connectivity index (χ1n) is 6.59. The monoisotopic (exact) mass is 298 g/mol. The summed E-state index contributed by atoms with van der Waals surface area (Å²) >= 11 is 5.94. The Kier molecular flexibility index (Phi) is 4.60. The number of nitrogens with zero attached hydrogens (tertiary/aromatic N) is 1. The second kappa shape index (κ2) is 6.22. The maximum Gasteiger partial charge on any atom is 0.407 e. The number of halogens is 1. The minimum absolute atomic E-state index is 0.223. The third-order valence-electron chi connectivity index (χ3n) is 3.68. The smallest absolute Gasteiger partial charge is 0.407 e. The molecule has 0 saturated carbocycles. The summed E-state index contributed by atoms with van der Waals surface area (Å²) in [6.07, 6.45) is -0.0708. The average molecular weight is 299 g/mol. The molecule has 1 fully saturated rings. The molecule has 2 rings (SSSR count). The normalized spacial score (nSPS) is 22.4. The van der Waals surface area contributed by atoms with Crippen LogP contribution in [0.5, 0.6) is 5.75 Å². The van der Waals surface area contributed by atoms with Gasteiger partial charge in [-0.2, -0.15) is 0 Å². The molecule has 20 heavy (non-hydrogen) atoms. The molecule has 2 N–H and O–H groups in total. The van der Waals surface area contributed by atoms with Gasteiger partial charge in [-0.05, 0) is 24.5 Å². The minimum atomic E-state index is -0.848. The Morgan fingerprint density at radius 3 is 2.90 bits per heavy atom.